The van der Waals surface area contributed by atoms with Gasteiger partial charge in [-0.1, -0.05) is 0 Å². The highest BCUT2D eigenvalue weighted by Gasteiger charge is 2.36. The topological polar surface area (TPSA) is 88.6 Å². The van der Waals surface area contributed by atoms with E-state index < -0.39 is 6.10 Å². The van der Waals surface area contributed by atoms with Crippen LogP contribution in [0.25, 0.3) is 0 Å². The predicted molar refractivity (Wildman–Crippen MR) is 97.8 cm³/mol. The van der Waals surface area contributed by atoms with E-state index in [1.54, 1.807) is 6.92 Å². The summed E-state index contributed by atoms with van der Waals surface area (Å²) in [5.74, 6) is -0.567. The molecular weight excluding hydrogens is 354 g/mol. The number of nitrogens with one attached hydrogen (secondary N) is 1. The second-order valence-corrected chi connectivity index (χ2v) is 8.31. The smallest absolute Gasteiger partial charge is 0.309 e. The van der Waals surface area contributed by atoms with E-state index in [4.69, 9.17) is 4.74 Å². The first-order valence-corrected chi connectivity index (χ1v) is 9.91. The van der Waals surface area contributed by atoms with E-state index in [-0.39, 0.29) is 29.6 Å². The van der Waals surface area contributed by atoms with E-state index in [1.807, 2.05) is 18.7 Å². The molecule has 1 aromatic rings. The molecule has 1 aliphatic heterocycles. The van der Waals surface area contributed by atoms with Crippen LogP contribution in [0.3, 0.4) is 0 Å². The van der Waals surface area contributed by atoms with Gasteiger partial charge in [0.1, 0.15) is 0 Å². The lowest BCUT2D eigenvalue weighted by molar-refractivity contribution is -0.159. The highest BCUT2D eigenvalue weighted by atomic mass is 32.1. The maximum Gasteiger partial charge on any atom is 0.309 e. The first kappa shape index (κ1) is 18.8. The largest absolute Gasteiger partial charge is 0.452 e. The summed E-state index contributed by atoms with van der Waals surface area (Å²) in [5, 5.41) is 3.21. The van der Waals surface area contributed by atoms with Crippen molar-refractivity contribution in [3.05, 3.63) is 10.6 Å². The number of anilines is 1. The summed E-state index contributed by atoms with van der Waals surface area (Å²) in [6, 6.07) is 0. The standard InChI is InChI=1S/C18H25N3O4S/c1-10-12(3)26-18(19-10)20-15(22)11(2)25-17(24)14-6-8-21(9-7-14)16(23)13-4-5-13/h11,13-14H,4-9H2,1-3H3,(H,19,20,22). The number of hydrogen-bond acceptors (Lipinski definition) is 6. The lowest BCUT2D eigenvalue weighted by atomic mass is 9.96. The van der Waals surface area contributed by atoms with Gasteiger partial charge >= 0.3 is 5.97 Å². The molecule has 142 valence electrons. The molecule has 2 aliphatic rings. The molecule has 1 unspecified atom stereocenters. The first-order chi connectivity index (χ1) is 12.3. The number of aryl methyl sites for hydroxylation is 2. The van der Waals surface area contributed by atoms with Gasteiger partial charge in [0.2, 0.25) is 5.91 Å². The van der Waals surface area contributed by atoms with Crippen LogP contribution in [-0.2, 0) is 19.1 Å². The molecule has 7 nitrogen and oxygen atoms in total. The number of thiazole rings is 1. The number of piperidine rings is 1. The Balaban J connectivity index is 1.45. The van der Waals surface area contributed by atoms with Gasteiger partial charge < -0.3 is 9.64 Å². The Labute approximate surface area is 157 Å². The summed E-state index contributed by atoms with van der Waals surface area (Å²) in [7, 11) is 0. The van der Waals surface area contributed by atoms with Crippen LogP contribution in [0.1, 0.15) is 43.2 Å². The Kier molecular flexibility index (Phi) is 5.60. The fourth-order valence-corrected chi connectivity index (χ4v) is 3.80. The molecule has 26 heavy (non-hydrogen) atoms. The molecular formula is C18H25N3O4S. The van der Waals surface area contributed by atoms with Crippen LogP contribution < -0.4 is 5.32 Å². The molecule has 1 saturated carbocycles. The van der Waals surface area contributed by atoms with Gasteiger partial charge in [-0.3, -0.25) is 19.7 Å². The minimum atomic E-state index is -0.877. The SMILES string of the molecule is Cc1nc(NC(=O)C(C)OC(=O)C2CCN(C(=O)C3CC3)CC2)sc1C. The molecule has 1 N–H and O–H groups in total. The number of carbonyl (C=O) groups is 3. The molecule has 8 heteroatoms. The van der Waals surface area contributed by atoms with Crippen LogP contribution in [0.4, 0.5) is 5.13 Å². The van der Waals surface area contributed by atoms with Gasteiger partial charge in [-0.15, -0.1) is 11.3 Å². The van der Waals surface area contributed by atoms with Crippen molar-refractivity contribution in [3.8, 4) is 0 Å². The molecule has 1 atom stereocenters. The first-order valence-electron chi connectivity index (χ1n) is 9.09. The molecule has 1 aliphatic carbocycles. The summed E-state index contributed by atoms with van der Waals surface area (Å²) in [4.78, 5) is 43.7. The zero-order valence-corrected chi connectivity index (χ0v) is 16.2. The van der Waals surface area contributed by atoms with E-state index in [9.17, 15) is 14.4 Å². The molecule has 2 fully saturated rings. The van der Waals surface area contributed by atoms with Crippen molar-refractivity contribution in [1.82, 2.24) is 9.88 Å². The fourth-order valence-electron chi connectivity index (χ4n) is 2.98. The fraction of sp³-hybridized carbons (Fsp3) is 0.667. The Bertz CT molecular complexity index is 686. The molecule has 2 heterocycles. The van der Waals surface area contributed by atoms with Crippen LogP contribution in [0.15, 0.2) is 0 Å². The van der Waals surface area contributed by atoms with Gasteiger partial charge in [-0.2, -0.15) is 0 Å². The van der Waals surface area contributed by atoms with E-state index in [0.717, 1.165) is 23.4 Å². The number of ether oxygens (including phenoxy) is 1. The van der Waals surface area contributed by atoms with E-state index >= 15 is 0 Å². The number of amides is 2. The van der Waals surface area contributed by atoms with E-state index in [0.29, 0.717) is 31.1 Å². The number of likely N-dealkylation sites (tertiary alicyclic amines) is 1. The third kappa shape index (κ3) is 4.41. The van der Waals surface area contributed by atoms with Gasteiger partial charge in [0.05, 0.1) is 11.6 Å². The zero-order chi connectivity index (χ0) is 18.8. The maximum atomic E-state index is 12.3. The number of hydrogen-bond donors (Lipinski definition) is 1. The molecule has 0 aromatic carbocycles. The van der Waals surface area contributed by atoms with Crippen molar-refractivity contribution in [2.24, 2.45) is 11.8 Å². The highest BCUT2D eigenvalue weighted by Crippen LogP contribution is 2.32. The lowest BCUT2D eigenvalue weighted by Crippen LogP contribution is -2.42. The van der Waals surface area contributed by atoms with Gasteiger partial charge in [-0.25, -0.2) is 4.98 Å². The molecule has 3 rings (SSSR count). The Morgan fingerprint density at radius 2 is 1.81 bits per heavy atom. The second-order valence-electron chi connectivity index (χ2n) is 7.10. The predicted octanol–water partition coefficient (Wildman–Crippen LogP) is 2.28. The number of rotatable bonds is 5. The van der Waals surface area contributed by atoms with Gasteiger partial charge in [0.15, 0.2) is 11.2 Å². The van der Waals surface area contributed by atoms with Crippen LogP contribution in [-0.4, -0.2) is 46.9 Å². The Morgan fingerprint density at radius 1 is 1.15 bits per heavy atom. The van der Waals surface area contributed by atoms with E-state index in [2.05, 4.69) is 10.3 Å². The molecule has 2 amide bonds. The van der Waals surface area contributed by atoms with Gasteiger partial charge in [0.25, 0.3) is 5.91 Å². The molecule has 0 spiro atoms. The maximum absolute atomic E-state index is 12.3. The van der Waals surface area contributed by atoms with E-state index in [1.165, 1.54) is 11.3 Å². The minimum Gasteiger partial charge on any atom is -0.452 e. The van der Waals surface area contributed by atoms with Gasteiger partial charge in [-0.05, 0) is 46.5 Å². The van der Waals surface area contributed by atoms with Crippen molar-refractivity contribution >= 4 is 34.3 Å². The average molecular weight is 379 g/mol. The average Bonchev–Trinajstić information content (AvgIpc) is 3.41. The van der Waals surface area contributed by atoms with Crippen LogP contribution >= 0.6 is 11.3 Å². The molecule has 1 aromatic heterocycles. The quantitative estimate of drug-likeness (QED) is 0.793. The van der Waals surface area contributed by atoms with Crippen LogP contribution in [0, 0.1) is 25.7 Å². The number of carbonyl (C=O) groups excluding carboxylic acids is 3. The molecule has 0 bridgehead atoms. The molecule has 0 radical (unpaired) electrons. The summed E-state index contributed by atoms with van der Waals surface area (Å²) in [6.45, 7) is 6.56. The van der Waals surface area contributed by atoms with Gasteiger partial charge in [0, 0.05) is 23.9 Å². The highest BCUT2D eigenvalue weighted by molar-refractivity contribution is 7.15. The Hall–Kier alpha value is -1.96. The Morgan fingerprint density at radius 3 is 2.35 bits per heavy atom. The lowest BCUT2D eigenvalue weighted by Gasteiger charge is -2.31. The summed E-state index contributed by atoms with van der Waals surface area (Å²) >= 11 is 1.40. The summed E-state index contributed by atoms with van der Waals surface area (Å²) in [5.41, 5.74) is 0.877. The third-order valence-corrected chi connectivity index (χ3v) is 5.98. The molecule has 1 saturated heterocycles. The van der Waals surface area contributed by atoms with Crippen LogP contribution in [0.2, 0.25) is 0 Å². The third-order valence-electron chi connectivity index (χ3n) is 4.99. The van der Waals surface area contributed by atoms with Crippen molar-refractivity contribution in [1.29, 1.82) is 0 Å². The van der Waals surface area contributed by atoms with Crippen molar-refractivity contribution in [2.45, 2.75) is 52.6 Å². The second kappa shape index (κ2) is 7.73. The normalized spacial score (nSPS) is 19.1. The number of nitrogens with zero attached hydrogens (tertiary/aromatic N) is 2. The van der Waals surface area contributed by atoms with Crippen LogP contribution in [0.5, 0.6) is 0 Å². The van der Waals surface area contributed by atoms with Crippen molar-refractivity contribution < 1.29 is 19.1 Å². The number of aromatic nitrogens is 1. The minimum absolute atomic E-state index is 0.209. The van der Waals surface area contributed by atoms with Crippen molar-refractivity contribution in [3.63, 3.8) is 0 Å². The monoisotopic (exact) mass is 379 g/mol. The summed E-state index contributed by atoms with van der Waals surface area (Å²) < 4.78 is 5.34. The van der Waals surface area contributed by atoms with Crippen molar-refractivity contribution in [2.75, 3.05) is 18.4 Å². The zero-order valence-electron chi connectivity index (χ0n) is 15.4. The number of esters is 1. The summed E-state index contributed by atoms with van der Waals surface area (Å²) in [6.07, 6.45) is 2.29.